The largest absolute Gasteiger partial charge is 0.389 e. The molecule has 2 N–H and O–H groups in total. The number of nitrogens with zero attached hydrogens (tertiary/aromatic N) is 2. The Hall–Kier alpha value is -2.06. The molecule has 7 heteroatoms. The molecule has 3 aromatic rings. The second-order valence-electron chi connectivity index (χ2n) is 7.79. The summed E-state index contributed by atoms with van der Waals surface area (Å²) in [6, 6.07) is 6.46. The molecule has 0 bridgehead atoms. The molecule has 29 heavy (non-hydrogen) atoms. The number of benzene rings is 1. The normalized spacial score (nSPS) is 13.0. The fourth-order valence-electron chi connectivity index (χ4n) is 3.46. The molecular weight excluding hydrogens is 386 g/mol. The van der Waals surface area contributed by atoms with Crippen LogP contribution in [0.4, 0.5) is 0 Å². The number of methoxy groups -OCH3 is 1. The van der Waals surface area contributed by atoms with Crippen LogP contribution in [0.1, 0.15) is 30.8 Å². The first-order chi connectivity index (χ1) is 13.8. The summed E-state index contributed by atoms with van der Waals surface area (Å²) in [4.78, 5) is 23.4. The molecule has 0 spiro atoms. The van der Waals surface area contributed by atoms with Crippen LogP contribution in [0.3, 0.4) is 0 Å². The predicted octanol–water partition coefficient (Wildman–Crippen LogP) is 3.49. The molecule has 0 radical (unpaired) electrons. The number of aromatic amines is 1. The van der Waals surface area contributed by atoms with Crippen molar-refractivity contribution in [2.24, 2.45) is 0 Å². The first kappa shape index (κ1) is 21.6. The lowest BCUT2D eigenvalue weighted by Crippen LogP contribution is -2.39. The van der Waals surface area contributed by atoms with Crippen LogP contribution in [0.15, 0.2) is 28.4 Å². The summed E-state index contributed by atoms with van der Waals surface area (Å²) in [5.74, 6) is 0.607. The Morgan fingerprint density at radius 2 is 2.03 bits per heavy atom. The molecule has 0 saturated carbocycles. The zero-order valence-electron chi connectivity index (χ0n) is 17.7. The Bertz CT molecular complexity index is 1040. The molecule has 2 aromatic heterocycles. The molecule has 156 valence electrons. The van der Waals surface area contributed by atoms with Gasteiger partial charge in [-0.15, -0.1) is 11.3 Å². The average Bonchev–Trinajstić information content (AvgIpc) is 3.07. The summed E-state index contributed by atoms with van der Waals surface area (Å²) in [7, 11) is 1.57. The van der Waals surface area contributed by atoms with Crippen molar-refractivity contribution < 1.29 is 9.84 Å². The number of thiophene rings is 1. The highest BCUT2D eigenvalue weighted by Gasteiger charge is 2.19. The van der Waals surface area contributed by atoms with E-state index in [0.29, 0.717) is 24.3 Å². The van der Waals surface area contributed by atoms with E-state index in [-0.39, 0.29) is 18.2 Å². The van der Waals surface area contributed by atoms with Crippen LogP contribution in [-0.2, 0) is 11.3 Å². The number of nitrogens with one attached hydrogen (secondary N) is 1. The van der Waals surface area contributed by atoms with Crippen molar-refractivity contribution in [2.45, 2.75) is 46.4 Å². The topological polar surface area (TPSA) is 78.5 Å². The van der Waals surface area contributed by atoms with Gasteiger partial charge in [-0.2, -0.15) is 0 Å². The van der Waals surface area contributed by atoms with Crippen molar-refractivity contribution >= 4 is 21.6 Å². The van der Waals surface area contributed by atoms with Crippen molar-refractivity contribution in [2.75, 3.05) is 20.3 Å². The van der Waals surface area contributed by atoms with Gasteiger partial charge in [0, 0.05) is 30.6 Å². The van der Waals surface area contributed by atoms with Crippen molar-refractivity contribution in [3.63, 3.8) is 0 Å². The van der Waals surface area contributed by atoms with E-state index in [0.717, 1.165) is 27.1 Å². The van der Waals surface area contributed by atoms with E-state index in [4.69, 9.17) is 9.72 Å². The van der Waals surface area contributed by atoms with Crippen molar-refractivity contribution in [3.8, 4) is 11.1 Å². The number of aliphatic hydroxyl groups is 1. The number of hydrogen-bond acceptors (Lipinski definition) is 6. The first-order valence-electron chi connectivity index (χ1n) is 9.79. The molecule has 3 rings (SSSR count). The number of fused-ring (bicyclic) bond motifs is 1. The van der Waals surface area contributed by atoms with Crippen LogP contribution in [0.5, 0.6) is 0 Å². The molecule has 1 aromatic carbocycles. The number of rotatable bonds is 8. The summed E-state index contributed by atoms with van der Waals surface area (Å²) in [5.41, 5.74) is 4.18. The third-order valence-electron chi connectivity index (χ3n) is 5.06. The van der Waals surface area contributed by atoms with Crippen LogP contribution in [-0.4, -0.2) is 52.4 Å². The molecule has 0 aliphatic carbocycles. The zero-order valence-corrected chi connectivity index (χ0v) is 18.5. The standard InChI is InChI=1S/C22H29N3O3S/c1-13(2)25(9-16(26)11-28-5)10-19-23-21(27)20-18(12-29-22(20)24-19)17-8-14(3)6-7-15(17)4/h6-8,12-13,16,26H,9-11H2,1-5H3,(H,23,24,27)/t16-/m1/s1. The molecule has 6 nitrogen and oxygen atoms in total. The zero-order chi connectivity index (χ0) is 21.1. The minimum atomic E-state index is -0.588. The minimum Gasteiger partial charge on any atom is -0.389 e. The Balaban J connectivity index is 1.95. The third kappa shape index (κ3) is 4.93. The fraction of sp³-hybridized carbons (Fsp3) is 0.455. The molecule has 2 heterocycles. The van der Waals surface area contributed by atoms with Crippen LogP contribution in [0.2, 0.25) is 0 Å². The van der Waals surface area contributed by atoms with Gasteiger partial charge in [0.25, 0.3) is 5.56 Å². The van der Waals surface area contributed by atoms with Gasteiger partial charge < -0.3 is 14.8 Å². The Kier molecular flexibility index (Phi) is 6.85. The number of aryl methyl sites for hydroxylation is 2. The van der Waals surface area contributed by atoms with Gasteiger partial charge in [-0.1, -0.05) is 23.8 Å². The monoisotopic (exact) mass is 415 g/mol. The summed E-state index contributed by atoms with van der Waals surface area (Å²) in [5, 5.41) is 12.8. The van der Waals surface area contributed by atoms with Gasteiger partial charge >= 0.3 is 0 Å². The molecule has 0 unspecified atom stereocenters. The molecule has 0 fully saturated rings. The predicted molar refractivity (Wildman–Crippen MR) is 119 cm³/mol. The number of aliphatic hydroxyl groups excluding tert-OH is 1. The maximum atomic E-state index is 13.0. The Labute approximate surface area is 175 Å². The lowest BCUT2D eigenvalue weighted by atomic mass is 9.99. The molecular formula is C22H29N3O3S. The van der Waals surface area contributed by atoms with E-state index < -0.39 is 6.10 Å². The second-order valence-corrected chi connectivity index (χ2v) is 8.65. The van der Waals surface area contributed by atoms with E-state index in [2.05, 4.69) is 55.8 Å². The molecule has 1 atom stereocenters. The molecule has 0 amide bonds. The first-order valence-corrected chi connectivity index (χ1v) is 10.7. The van der Waals surface area contributed by atoms with Crippen LogP contribution < -0.4 is 5.56 Å². The highest BCUT2D eigenvalue weighted by molar-refractivity contribution is 7.17. The number of hydrogen-bond donors (Lipinski definition) is 2. The van der Waals surface area contributed by atoms with Crippen LogP contribution in [0, 0.1) is 13.8 Å². The van der Waals surface area contributed by atoms with Gasteiger partial charge in [-0.3, -0.25) is 9.69 Å². The van der Waals surface area contributed by atoms with Crippen LogP contribution in [0.25, 0.3) is 21.3 Å². The lowest BCUT2D eigenvalue weighted by molar-refractivity contribution is 0.0272. The highest BCUT2D eigenvalue weighted by Crippen LogP contribution is 2.33. The van der Waals surface area contributed by atoms with Crippen molar-refractivity contribution in [3.05, 3.63) is 50.9 Å². The van der Waals surface area contributed by atoms with Gasteiger partial charge in [-0.05, 0) is 38.8 Å². The average molecular weight is 416 g/mol. The summed E-state index contributed by atoms with van der Waals surface area (Å²) < 4.78 is 5.03. The van der Waals surface area contributed by atoms with E-state index in [1.807, 2.05) is 5.38 Å². The second kappa shape index (κ2) is 9.17. The van der Waals surface area contributed by atoms with Gasteiger partial charge in [0.1, 0.15) is 10.7 Å². The molecule has 0 aliphatic rings. The summed E-state index contributed by atoms with van der Waals surface area (Å²) >= 11 is 1.49. The van der Waals surface area contributed by atoms with E-state index in [9.17, 15) is 9.90 Å². The number of ether oxygens (including phenoxy) is 1. The molecule has 0 saturated heterocycles. The highest BCUT2D eigenvalue weighted by atomic mass is 32.1. The van der Waals surface area contributed by atoms with Gasteiger partial charge in [0.05, 0.1) is 24.6 Å². The lowest BCUT2D eigenvalue weighted by Gasteiger charge is -2.27. The van der Waals surface area contributed by atoms with E-state index >= 15 is 0 Å². The van der Waals surface area contributed by atoms with Gasteiger partial charge in [-0.25, -0.2) is 4.98 Å². The molecule has 0 aliphatic heterocycles. The maximum absolute atomic E-state index is 13.0. The van der Waals surface area contributed by atoms with Crippen molar-refractivity contribution in [1.29, 1.82) is 0 Å². The van der Waals surface area contributed by atoms with E-state index in [1.54, 1.807) is 7.11 Å². The minimum absolute atomic E-state index is 0.122. The van der Waals surface area contributed by atoms with E-state index in [1.165, 1.54) is 11.3 Å². The summed E-state index contributed by atoms with van der Waals surface area (Å²) in [6.45, 7) is 9.40. The quantitative estimate of drug-likeness (QED) is 0.589. The summed E-state index contributed by atoms with van der Waals surface area (Å²) in [6.07, 6.45) is -0.588. The number of H-pyrrole nitrogens is 1. The number of aromatic nitrogens is 2. The van der Waals surface area contributed by atoms with Gasteiger partial charge in [0.2, 0.25) is 0 Å². The Morgan fingerprint density at radius 3 is 2.72 bits per heavy atom. The van der Waals surface area contributed by atoms with Crippen LogP contribution >= 0.6 is 11.3 Å². The maximum Gasteiger partial charge on any atom is 0.260 e. The third-order valence-corrected chi connectivity index (χ3v) is 5.94. The van der Waals surface area contributed by atoms with Gasteiger partial charge in [0.15, 0.2) is 0 Å². The van der Waals surface area contributed by atoms with Crippen molar-refractivity contribution in [1.82, 2.24) is 14.9 Å². The fourth-order valence-corrected chi connectivity index (χ4v) is 4.42. The Morgan fingerprint density at radius 1 is 1.28 bits per heavy atom. The smallest absolute Gasteiger partial charge is 0.260 e. The SMILES string of the molecule is COC[C@H](O)CN(Cc1nc2scc(-c3cc(C)ccc3C)c2c(=O)[nH]1)C(C)C.